The molecule has 1 aromatic heterocycles. The minimum atomic E-state index is 1.18. The Hall–Kier alpha value is -4.79. The van der Waals surface area contributed by atoms with Crippen molar-refractivity contribution in [3.8, 4) is 27.9 Å². The predicted octanol–water partition coefficient (Wildman–Crippen LogP) is 10.9. The van der Waals surface area contributed by atoms with Crippen LogP contribution >= 0.6 is 11.8 Å². The molecule has 2 heteroatoms. The van der Waals surface area contributed by atoms with Crippen LogP contribution < -0.4 is 0 Å². The van der Waals surface area contributed by atoms with E-state index in [9.17, 15) is 0 Å². The van der Waals surface area contributed by atoms with Crippen LogP contribution in [0.1, 0.15) is 0 Å². The van der Waals surface area contributed by atoms with Crippen molar-refractivity contribution in [1.29, 1.82) is 0 Å². The summed E-state index contributed by atoms with van der Waals surface area (Å²) in [4.78, 5) is 2.66. The molecule has 40 heavy (non-hydrogen) atoms. The molecule has 1 nitrogen and oxygen atoms in total. The Morgan fingerprint density at radius 2 is 1.12 bits per heavy atom. The molecule has 0 aliphatic carbocycles. The highest BCUT2D eigenvalue weighted by Crippen LogP contribution is 2.50. The second kappa shape index (κ2) is 8.35. The van der Waals surface area contributed by atoms with Gasteiger partial charge in [0.1, 0.15) is 0 Å². The Morgan fingerprint density at radius 3 is 2.00 bits per heavy atom. The molecule has 0 radical (unpaired) electrons. The van der Waals surface area contributed by atoms with Gasteiger partial charge in [0.15, 0.2) is 0 Å². The SMILES string of the molecule is c1ccc(-n2c3cc4ccccc4cc3c3cccc(-c4ccc5c6c(cccc46)-c4ccccc4S5)c32)cc1. The first-order valence-corrected chi connectivity index (χ1v) is 14.5. The van der Waals surface area contributed by atoms with E-state index in [4.69, 9.17) is 0 Å². The van der Waals surface area contributed by atoms with Gasteiger partial charge >= 0.3 is 0 Å². The van der Waals surface area contributed by atoms with E-state index in [-0.39, 0.29) is 0 Å². The third-order valence-corrected chi connectivity index (χ3v) is 9.49. The highest BCUT2D eigenvalue weighted by molar-refractivity contribution is 7.99. The second-order valence-corrected chi connectivity index (χ2v) is 11.6. The fourth-order valence-corrected chi connectivity index (χ4v) is 7.76. The summed E-state index contributed by atoms with van der Waals surface area (Å²) in [5.74, 6) is 0. The van der Waals surface area contributed by atoms with Gasteiger partial charge in [0, 0.05) is 37.2 Å². The van der Waals surface area contributed by atoms with Crippen LogP contribution in [0.15, 0.2) is 149 Å². The summed E-state index contributed by atoms with van der Waals surface area (Å²) >= 11 is 1.88. The van der Waals surface area contributed by atoms with Gasteiger partial charge in [-0.3, -0.25) is 0 Å². The monoisotopic (exact) mass is 525 g/mol. The summed E-state index contributed by atoms with van der Waals surface area (Å²) in [7, 11) is 0. The first-order valence-electron chi connectivity index (χ1n) is 13.7. The summed E-state index contributed by atoms with van der Waals surface area (Å²) in [6, 6.07) is 51.2. The quantitative estimate of drug-likeness (QED) is 0.217. The lowest BCUT2D eigenvalue weighted by Gasteiger charge is -2.22. The zero-order valence-corrected chi connectivity index (χ0v) is 22.5. The van der Waals surface area contributed by atoms with Crippen molar-refractivity contribution in [2.24, 2.45) is 0 Å². The molecule has 0 atom stereocenters. The summed E-state index contributed by atoms with van der Waals surface area (Å²) in [5.41, 5.74) is 8.85. The van der Waals surface area contributed by atoms with Crippen LogP contribution in [0.25, 0.3) is 71.3 Å². The zero-order chi connectivity index (χ0) is 26.2. The maximum Gasteiger partial charge on any atom is 0.0619 e. The van der Waals surface area contributed by atoms with E-state index in [1.54, 1.807) is 0 Å². The molecule has 8 aromatic rings. The average molecular weight is 526 g/mol. The Balaban J connectivity index is 1.43. The summed E-state index contributed by atoms with van der Waals surface area (Å²) in [6.07, 6.45) is 0. The van der Waals surface area contributed by atoms with Gasteiger partial charge < -0.3 is 4.57 Å². The number of rotatable bonds is 2. The molecule has 0 saturated carbocycles. The largest absolute Gasteiger partial charge is 0.309 e. The highest BCUT2D eigenvalue weighted by atomic mass is 32.2. The first kappa shape index (κ1) is 22.1. The van der Waals surface area contributed by atoms with Gasteiger partial charge in [-0.25, -0.2) is 0 Å². The molecular formula is C38H23NS. The number of fused-ring (bicyclic) bond motifs is 6. The fourth-order valence-electron chi connectivity index (χ4n) is 6.63. The predicted molar refractivity (Wildman–Crippen MR) is 171 cm³/mol. The number of hydrogen-bond acceptors (Lipinski definition) is 1. The standard InChI is InChI=1S/C38H23NS/c1-2-12-26(13-3-1)39-34-23-25-11-5-4-10-24(25)22-33(34)32-18-9-17-31(38(32)39)27-20-21-36-37-29(27)15-8-16-30(37)28-14-6-7-19-35(28)40-36/h1-23H. The Morgan fingerprint density at radius 1 is 0.425 bits per heavy atom. The van der Waals surface area contributed by atoms with Crippen molar-refractivity contribution in [2.45, 2.75) is 9.79 Å². The van der Waals surface area contributed by atoms with E-state index in [0.717, 1.165) is 0 Å². The van der Waals surface area contributed by atoms with Crippen LogP contribution in [0.2, 0.25) is 0 Å². The van der Waals surface area contributed by atoms with E-state index >= 15 is 0 Å². The van der Waals surface area contributed by atoms with Gasteiger partial charge in [-0.15, -0.1) is 0 Å². The van der Waals surface area contributed by atoms with Gasteiger partial charge in [0.2, 0.25) is 0 Å². The molecule has 2 heterocycles. The first-order chi connectivity index (χ1) is 19.8. The topological polar surface area (TPSA) is 4.93 Å². The third-order valence-electron chi connectivity index (χ3n) is 8.36. The minimum absolute atomic E-state index is 1.18. The summed E-state index contributed by atoms with van der Waals surface area (Å²) in [6.45, 7) is 0. The van der Waals surface area contributed by atoms with Gasteiger partial charge in [0.25, 0.3) is 0 Å². The number of para-hydroxylation sites is 2. The highest BCUT2D eigenvalue weighted by Gasteiger charge is 2.22. The van der Waals surface area contributed by atoms with Crippen LogP contribution in [0, 0.1) is 0 Å². The minimum Gasteiger partial charge on any atom is -0.309 e. The number of hydrogen-bond donors (Lipinski definition) is 0. The molecule has 186 valence electrons. The average Bonchev–Trinajstić information content (AvgIpc) is 3.34. The second-order valence-electron chi connectivity index (χ2n) is 10.5. The van der Waals surface area contributed by atoms with Crippen molar-refractivity contribution in [3.05, 3.63) is 140 Å². The molecule has 1 aliphatic heterocycles. The molecule has 7 aromatic carbocycles. The lowest BCUT2D eigenvalue weighted by molar-refractivity contribution is 1.18. The normalized spacial score (nSPS) is 12.4. The van der Waals surface area contributed by atoms with Crippen LogP contribution in [0.4, 0.5) is 0 Å². The van der Waals surface area contributed by atoms with Gasteiger partial charge in [-0.05, 0) is 69.2 Å². The molecule has 0 unspecified atom stereocenters. The van der Waals surface area contributed by atoms with Crippen molar-refractivity contribution in [2.75, 3.05) is 0 Å². The Kier molecular flexibility index (Phi) is 4.61. The van der Waals surface area contributed by atoms with E-state index in [2.05, 4.69) is 144 Å². The van der Waals surface area contributed by atoms with E-state index < -0.39 is 0 Å². The van der Waals surface area contributed by atoms with Crippen molar-refractivity contribution in [1.82, 2.24) is 4.57 Å². The number of benzene rings is 7. The van der Waals surface area contributed by atoms with Crippen molar-refractivity contribution >= 4 is 55.1 Å². The molecule has 1 aliphatic rings. The van der Waals surface area contributed by atoms with Gasteiger partial charge in [-0.1, -0.05) is 115 Å². The van der Waals surface area contributed by atoms with E-state index in [1.807, 2.05) is 11.8 Å². The lowest BCUT2D eigenvalue weighted by Crippen LogP contribution is -1.97. The van der Waals surface area contributed by atoms with E-state index in [1.165, 1.54) is 81.1 Å². The lowest BCUT2D eigenvalue weighted by atomic mass is 9.91. The van der Waals surface area contributed by atoms with Crippen molar-refractivity contribution < 1.29 is 0 Å². The Bertz CT molecular complexity index is 2290. The smallest absolute Gasteiger partial charge is 0.0619 e. The molecule has 0 fully saturated rings. The summed E-state index contributed by atoms with van der Waals surface area (Å²) in [5, 5.41) is 7.75. The van der Waals surface area contributed by atoms with Crippen LogP contribution in [0.3, 0.4) is 0 Å². The maximum absolute atomic E-state index is 2.46. The third kappa shape index (κ3) is 3.05. The zero-order valence-electron chi connectivity index (χ0n) is 21.6. The molecule has 0 spiro atoms. The molecule has 0 bridgehead atoms. The molecule has 9 rings (SSSR count). The number of nitrogens with zero attached hydrogens (tertiary/aromatic N) is 1. The summed E-state index contributed by atoms with van der Waals surface area (Å²) < 4.78 is 2.46. The van der Waals surface area contributed by atoms with E-state index in [0.29, 0.717) is 0 Å². The van der Waals surface area contributed by atoms with Crippen LogP contribution in [0.5, 0.6) is 0 Å². The molecule has 0 N–H and O–H groups in total. The van der Waals surface area contributed by atoms with Gasteiger partial charge in [-0.2, -0.15) is 0 Å². The van der Waals surface area contributed by atoms with Crippen LogP contribution in [-0.2, 0) is 0 Å². The molecule has 0 saturated heterocycles. The molecule has 0 amide bonds. The molecular weight excluding hydrogens is 502 g/mol. The van der Waals surface area contributed by atoms with Crippen LogP contribution in [-0.4, -0.2) is 4.57 Å². The van der Waals surface area contributed by atoms with Gasteiger partial charge in [0.05, 0.1) is 11.0 Å². The number of aromatic nitrogens is 1. The maximum atomic E-state index is 2.46. The Labute approximate surface area is 236 Å². The van der Waals surface area contributed by atoms with Crippen molar-refractivity contribution in [3.63, 3.8) is 0 Å². The fraction of sp³-hybridized carbons (Fsp3) is 0.